The molecule has 0 spiro atoms. The van der Waals surface area contributed by atoms with Crippen LogP contribution in [0.4, 0.5) is 14.5 Å². The first-order valence-corrected chi connectivity index (χ1v) is 5.42. The molecule has 0 bridgehead atoms. The largest absolute Gasteiger partial charge is 0.384 e. The van der Waals surface area contributed by atoms with Gasteiger partial charge in [-0.25, -0.2) is 8.78 Å². The van der Waals surface area contributed by atoms with Crippen molar-refractivity contribution in [1.82, 2.24) is 0 Å². The molecule has 1 nitrogen and oxygen atoms in total. The summed E-state index contributed by atoms with van der Waals surface area (Å²) in [4.78, 5) is 0. The Morgan fingerprint density at radius 3 is 2.80 bits per heavy atom. The van der Waals surface area contributed by atoms with E-state index < -0.39 is 11.6 Å². The summed E-state index contributed by atoms with van der Waals surface area (Å²) in [7, 11) is 0. The van der Waals surface area contributed by atoms with Crippen molar-refractivity contribution in [2.24, 2.45) is 5.92 Å². The maximum absolute atomic E-state index is 13.0. The summed E-state index contributed by atoms with van der Waals surface area (Å²) in [5, 5.41) is 3.16. The molecular formula is C12H15F2N. The average Bonchev–Trinajstić information content (AvgIpc) is 2.21. The lowest BCUT2D eigenvalue weighted by Crippen LogP contribution is -2.23. The minimum absolute atomic E-state index is 0.548. The van der Waals surface area contributed by atoms with E-state index in [1.807, 2.05) is 0 Å². The summed E-state index contributed by atoms with van der Waals surface area (Å²) in [6, 6.07) is 2.58. The van der Waals surface area contributed by atoms with Gasteiger partial charge < -0.3 is 5.32 Å². The van der Waals surface area contributed by atoms with Crippen LogP contribution < -0.4 is 5.32 Å². The summed E-state index contributed by atoms with van der Waals surface area (Å²) in [5.74, 6) is -0.963. The number of halogens is 2. The Kier molecular flexibility index (Phi) is 2.89. The lowest BCUT2D eigenvalue weighted by atomic mass is 9.90. The third-order valence-corrected chi connectivity index (χ3v) is 2.93. The summed E-state index contributed by atoms with van der Waals surface area (Å²) >= 11 is 0. The predicted octanol–water partition coefficient (Wildman–Crippen LogP) is 3.35. The van der Waals surface area contributed by atoms with Crippen molar-refractivity contribution >= 4 is 5.69 Å². The number of fused-ring (bicyclic) bond motifs is 1. The lowest BCUT2D eigenvalue weighted by Gasteiger charge is -2.26. The van der Waals surface area contributed by atoms with Crippen LogP contribution in [0.15, 0.2) is 12.1 Å². The molecule has 1 unspecified atom stereocenters. The molecule has 1 aromatic rings. The molecule has 1 heterocycles. The first-order valence-electron chi connectivity index (χ1n) is 5.42. The van der Waals surface area contributed by atoms with E-state index in [0.29, 0.717) is 5.92 Å². The minimum atomic E-state index is -0.768. The second-order valence-corrected chi connectivity index (χ2v) is 4.16. The van der Waals surface area contributed by atoms with E-state index in [2.05, 4.69) is 12.2 Å². The fourth-order valence-corrected chi connectivity index (χ4v) is 2.17. The molecule has 82 valence electrons. The Morgan fingerprint density at radius 1 is 1.33 bits per heavy atom. The van der Waals surface area contributed by atoms with Gasteiger partial charge in [0.2, 0.25) is 0 Å². The van der Waals surface area contributed by atoms with E-state index in [0.717, 1.165) is 37.1 Å². The normalized spacial score (nSPS) is 19.5. The average molecular weight is 211 g/mol. The van der Waals surface area contributed by atoms with Gasteiger partial charge in [-0.2, -0.15) is 0 Å². The van der Waals surface area contributed by atoms with Gasteiger partial charge in [0.1, 0.15) is 0 Å². The summed E-state index contributed by atoms with van der Waals surface area (Å²) in [6.45, 7) is 3.01. The number of anilines is 1. The van der Waals surface area contributed by atoms with E-state index in [9.17, 15) is 8.78 Å². The van der Waals surface area contributed by atoms with Gasteiger partial charge in [-0.15, -0.1) is 0 Å². The highest BCUT2D eigenvalue weighted by molar-refractivity contribution is 5.53. The second kappa shape index (κ2) is 4.17. The number of rotatable bonds is 2. The second-order valence-electron chi connectivity index (χ2n) is 4.16. The number of hydrogen-bond donors (Lipinski definition) is 1. The predicted molar refractivity (Wildman–Crippen MR) is 56.9 cm³/mol. The Hall–Kier alpha value is -1.12. The fourth-order valence-electron chi connectivity index (χ4n) is 2.17. The molecule has 1 aliphatic heterocycles. The topological polar surface area (TPSA) is 12.0 Å². The van der Waals surface area contributed by atoms with E-state index in [1.165, 1.54) is 12.1 Å². The first-order chi connectivity index (χ1) is 7.20. The third kappa shape index (κ3) is 2.11. The Balaban J connectivity index is 2.22. The third-order valence-electron chi connectivity index (χ3n) is 2.93. The van der Waals surface area contributed by atoms with Crippen LogP contribution in [0.25, 0.3) is 0 Å². The zero-order valence-electron chi connectivity index (χ0n) is 8.82. The van der Waals surface area contributed by atoms with E-state index in [-0.39, 0.29) is 0 Å². The van der Waals surface area contributed by atoms with Gasteiger partial charge in [-0.3, -0.25) is 0 Å². The summed E-state index contributed by atoms with van der Waals surface area (Å²) < 4.78 is 26.0. The van der Waals surface area contributed by atoms with Crippen molar-refractivity contribution in [1.29, 1.82) is 0 Å². The van der Waals surface area contributed by atoms with Crippen LogP contribution in [0.2, 0.25) is 0 Å². The van der Waals surface area contributed by atoms with Crippen molar-refractivity contribution in [2.75, 3.05) is 11.9 Å². The van der Waals surface area contributed by atoms with Crippen molar-refractivity contribution in [3.8, 4) is 0 Å². The molecule has 1 N–H and O–H groups in total. The van der Waals surface area contributed by atoms with Crippen LogP contribution in [-0.2, 0) is 6.42 Å². The van der Waals surface area contributed by atoms with Crippen LogP contribution in [0.5, 0.6) is 0 Å². The zero-order chi connectivity index (χ0) is 10.8. The van der Waals surface area contributed by atoms with Gasteiger partial charge in [-0.05, 0) is 30.4 Å². The van der Waals surface area contributed by atoms with E-state index in [4.69, 9.17) is 0 Å². The van der Waals surface area contributed by atoms with Crippen LogP contribution in [0.1, 0.15) is 25.3 Å². The smallest absolute Gasteiger partial charge is 0.160 e. The molecule has 1 atom stereocenters. The van der Waals surface area contributed by atoms with Crippen molar-refractivity contribution in [2.45, 2.75) is 26.2 Å². The van der Waals surface area contributed by atoms with Crippen LogP contribution >= 0.6 is 0 Å². The molecule has 0 saturated carbocycles. The molecule has 15 heavy (non-hydrogen) atoms. The standard InChI is InChI=1S/C12H15F2N/c1-2-3-8-4-9-5-10(13)11(14)6-12(9)15-7-8/h5-6,8,15H,2-4,7H2,1H3. The van der Waals surface area contributed by atoms with E-state index in [1.54, 1.807) is 0 Å². The molecule has 0 saturated heterocycles. The first kappa shape index (κ1) is 10.4. The molecule has 0 aliphatic carbocycles. The highest BCUT2D eigenvalue weighted by Crippen LogP contribution is 2.28. The zero-order valence-corrected chi connectivity index (χ0v) is 8.82. The van der Waals surface area contributed by atoms with Crippen molar-refractivity contribution < 1.29 is 8.78 Å². The quantitative estimate of drug-likeness (QED) is 0.791. The monoisotopic (exact) mass is 211 g/mol. The molecule has 3 heteroatoms. The van der Waals surface area contributed by atoms with Crippen molar-refractivity contribution in [3.05, 3.63) is 29.3 Å². The Labute approximate surface area is 88.5 Å². The SMILES string of the molecule is CCCC1CNc2cc(F)c(F)cc2C1. The Morgan fingerprint density at radius 2 is 2.07 bits per heavy atom. The van der Waals surface area contributed by atoms with Crippen LogP contribution in [-0.4, -0.2) is 6.54 Å². The maximum Gasteiger partial charge on any atom is 0.160 e. The fraction of sp³-hybridized carbons (Fsp3) is 0.500. The molecule has 1 aliphatic rings. The van der Waals surface area contributed by atoms with Gasteiger partial charge in [0.05, 0.1) is 0 Å². The summed E-state index contributed by atoms with van der Waals surface area (Å²) in [5.41, 5.74) is 1.65. The van der Waals surface area contributed by atoms with Crippen molar-refractivity contribution in [3.63, 3.8) is 0 Å². The molecule has 0 amide bonds. The lowest BCUT2D eigenvalue weighted by molar-refractivity contribution is 0.476. The van der Waals surface area contributed by atoms with Gasteiger partial charge in [0.25, 0.3) is 0 Å². The molecule has 0 fully saturated rings. The summed E-state index contributed by atoms with van der Waals surface area (Å²) in [6.07, 6.45) is 3.12. The minimum Gasteiger partial charge on any atom is -0.384 e. The van der Waals surface area contributed by atoms with Gasteiger partial charge in [0.15, 0.2) is 11.6 Å². The van der Waals surface area contributed by atoms with Gasteiger partial charge in [-0.1, -0.05) is 13.3 Å². The number of hydrogen-bond acceptors (Lipinski definition) is 1. The molecule has 0 aromatic heterocycles. The molecular weight excluding hydrogens is 196 g/mol. The number of nitrogens with one attached hydrogen (secondary N) is 1. The Bertz CT molecular complexity index is 363. The number of benzene rings is 1. The maximum atomic E-state index is 13.0. The van der Waals surface area contributed by atoms with Gasteiger partial charge >= 0.3 is 0 Å². The van der Waals surface area contributed by atoms with E-state index >= 15 is 0 Å². The highest BCUT2D eigenvalue weighted by atomic mass is 19.2. The van der Waals surface area contributed by atoms with Gasteiger partial charge in [0, 0.05) is 18.3 Å². The molecule has 1 aromatic carbocycles. The molecule has 0 radical (unpaired) electrons. The van der Waals surface area contributed by atoms with Crippen LogP contribution in [0, 0.1) is 17.6 Å². The molecule has 2 rings (SSSR count). The highest BCUT2D eigenvalue weighted by Gasteiger charge is 2.19. The van der Waals surface area contributed by atoms with Crippen LogP contribution in [0.3, 0.4) is 0 Å².